The van der Waals surface area contributed by atoms with Gasteiger partial charge in [-0.05, 0) is 51.0 Å². The van der Waals surface area contributed by atoms with Crippen LogP contribution in [0.1, 0.15) is 69.2 Å². The zero-order valence-corrected chi connectivity index (χ0v) is 12.7. The summed E-state index contributed by atoms with van der Waals surface area (Å²) in [4.78, 5) is 12.6. The molecule has 0 radical (unpaired) electrons. The van der Waals surface area contributed by atoms with Crippen LogP contribution >= 0.6 is 0 Å². The molecule has 1 saturated carbocycles. The third kappa shape index (κ3) is 4.36. The van der Waals surface area contributed by atoms with E-state index in [0.717, 1.165) is 24.2 Å². The molecular formula is C18H26O2. The summed E-state index contributed by atoms with van der Waals surface area (Å²) in [6, 6.07) is 7.66. The van der Waals surface area contributed by atoms with Gasteiger partial charge in [-0.3, -0.25) is 4.79 Å². The van der Waals surface area contributed by atoms with Crippen LogP contribution in [0.25, 0.3) is 0 Å². The Hall–Kier alpha value is -1.31. The van der Waals surface area contributed by atoms with Crippen molar-refractivity contribution in [3.05, 3.63) is 29.8 Å². The third-order valence-electron chi connectivity index (χ3n) is 3.99. The number of ether oxygens (including phenoxy) is 1. The van der Waals surface area contributed by atoms with E-state index in [1.165, 1.54) is 32.1 Å². The quantitative estimate of drug-likeness (QED) is 0.721. The molecule has 0 bridgehead atoms. The van der Waals surface area contributed by atoms with Crippen molar-refractivity contribution in [2.24, 2.45) is 5.92 Å². The average Bonchev–Trinajstić information content (AvgIpc) is 2.38. The van der Waals surface area contributed by atoms with Crippen LogP contribution in [0, 0.1) is 5.92 Å². The van der Waals surface area contributed by atoms with E-state index in [-0.39, 0.29) is 12.0 Å². The van der Waals surface area contributed by atoms with E-state index in [0.29, 0.717) is 5.78 Å². The van der Waals surface area contributed by atoms with E-state index in [9.17, 15) is 4.79 Å². The molecule has 1 aliphatic carbocycles. The molecule has 1 fully saturated rings. The number of rotatable bonds is 4. The lowest BCUT2D eigenvalue weighted by atomic mass is 9.86. The van der Waals surface area contributed by atoms with Crippen LogP contribution in [0.3, 0.4) is 0 Å². The molecular weight excluding hydrogens is 248 g/mol. The highest BCUT2D eigenvalue weighted by atomic mass is 16.5. The first kappa shape index (κ1) is 15.1. The van der Waals surface area contributed by atoms with Gasteiger partial charge in [-0.25, -0.2) is 0 Å². The number of benzene rings is 1. The Morgan fingerprint density at radius 3 is 2.10 bits per heavy atom. The first-order chi connectivity index (χ1) is 9.66. The van der Waals surface area contributed by atoms with Crippen molar-refractivity contribution in [2.75, 3.05) is 0 Å². The molecule has 0 spiro atoms. The minimum Gasteiger partial charge on any atom is -0.491 e. The maximum Gasteiger partial charge on any atom is 0.165 e. The zero-order valence-electron chi connectivity index (χ0n) is 12.7. The highest BCUT2D eigenvalue weighted by Gasteiger charge is 2.20. The fraction of sp³-hybridized carbons (Fsp3) is 0.611. The first-order valence-electron chi connectivity index (χ1n) is 7.98. The van der Waals surface area contributed by atoms with Crippen molar-refractivity contribution in [1.29, 1.82) is 0 Å². The van der Waals surface area contributed by atoms with Gasteiger partial charge in [-0.15, -0.1) is 0 Å². The normalized spacial score (nSPS) is 17.6. The van der Waals surface area contributed by atoms with Crippen molar-refractivity contribution in [2.45, 2.75) is 64.9 Å². The second-order valence-electron chi connectivity index (χ2n) is 6.10. The number of hydrogen-bond acceptors (Lipinski definition) is 2. The average molecular weight is 274 g/mol. The highest BCUT2D eigenvalue weighted by Crippen LogP contribution is 2.26. The van der Waals surface area contributed by atoms with Crippen molar-refractivity contribution in [1.82, 2.24) is 0 Å². The Morgan fingerprint density at radius 1 is 1.00 bits per heavy atom. The van der Waals surface area contributed by atoms with Gasteiger partial charge in [0.25, 0.3) is 0 Å². The topological polar surface area (TPSA) is 26.3 Å². The van der Waals surface area contributed by atoms with Crippen LogP contribution in [0.15, 0.2) is 24.3 Å². The maximum absolute atomic E-state index is 12.6. The second-order valence-corrected chi connectivity index (χ2v) is 6.10. The van der Waals surface area contributed by atoms with Crippen LogP contribution in [0.4, 0.5) is 0 Å². The smallest absolute Gasteiger partial charge is 0.165 e. The van der Waals surface area contributed by atoms with Crippen molar-refractivity contribution in [3.63, 3.8) is 0 Å². The number of Topliss-reactive ketones (excluding diaryl/α,β-unsaturated/α-hetero) is 1. The van der Waals surface area contributed by atoms with Gasteiger partial charge in [-0.1, -0.05) is 32.1 Å². The number of ketones is 1. The Morgan fingerprint density at radius 2 is 1.55 bits per heavy atom. The fourth-order valence-corrected chi connectivity index (χ4v) is 2.92. The lowest BCUT2D eigenvalue weighted by Gasteiger charge is -2.18. The first-order valence-corrected chi connectivity index (χ1v) is 7.98. The summed E-state index contributed by atoms with van der Waals surface area (Å²) in [6.07, 6.45) is 8.59. The Balaban J connectivity index is 2.00. The molecule has 0 unspecified atom stereocenters. The monoisotopic (exact) mass is 274 g/mol. The van der Waals surface area contributed by atoms with Gasteiger partial charge in [0.1, 0.15) is 5.75 Å². The molecule has 1 aromatic carbocycles. The van der Waals surface area contributed by atoms with E-state index in [1.807, 2.05) is 38.1 Å². The molecule has 0 atom stereocenters. The second kappa shape index (κ2) is 7.47. The van der Waals surface area contributed by atoms with Crippen LogP contribution in [0.5, 0.6) is 5.75 Å². The predicted octanol–water partition coefficient (Wildman–Crippen LogP) is 5.02. The van der Waals surface area contributed by atoms with Gasteiger partial charge in [-0.2, -0.15) is 0 Å². The Bertz CT molecular complexity index is 412. The van der Waals surface area contributed by atoms with Gasteiger partial charge < -0.3 is 4.74 Å². The van der Waals surface area contributed by atoms with E-state index in [2.05, 4.69) is 0 Å². The Labute approximate surface area is 122 Å². The lowest BCUT2D eigenvalue weighted by Crippen LogP contribution is -2.16. The van der Waals surface area contributed by atoms with Crippen molar-refractivity contribution >= 4 is 5.78 Å². The highest BCUT2D eigenvalue weighted by molar-refractivity contribution is 5.97. The molecule has 0 heterocycles. The van der Waals surface area contributed by atoms with E-state index >= 15 is 0 Å². The van der Waals surface area contributed by atoms with Crippen LogP contribution in [-0.2, 0) is 0 Å². The number of carbonyl (C=O) groups is 1. The van der Waals surface area contributed by atoms with Crippen LogP contribution < -0.4 is 4.74 Å². The molecule has 2 nitrogen and oxygen atoms in total. The van der Waals surface area contributed by atoms with Gasteiger partial charge in [0.2, 0.25) is 0 Å². The minimum absolute atomic E-state index is 0.169. The molecule has 2 heteroatoms. The Kier molecular flexibility index (Phi) is 5.63. The van der Waals surface area contributed by atoms with Gasteiger partial charge in [0.15, 0.2) is 5.78 Å². The molecule has 1 aliphatic rings. The summed E-state index contributed by atoms with van der Waals surface area (Å²) in [5.74, 6) is 1.39. The maximum atomic E-state index is 12.6. The summed E-state index contributed by atoms with van der Waals surface area (Å²) in [7, 11) is 0. The summed E-state index contributed by atoms with van der Waals surface area (Å²) in [5, 5.41) is 0. The minimum atomic E-state index is 0.169. The van der Waals surface area contributed by atoms with E-state index in [4.69, 9.17) is 4.74 Å². The third-order valence-corrected chi connectivity index (χ3v) is 3.99. The van der Waals surface area contributed by atoms with Crippen LogP contribution in [0.2, 0.25) is 0 Å². The number of carbonyl (C=O) groups excluding carboxylic acids is 1. The summed E-state index contributed by atoms with van der Waals surface area (Å²) in [5.41, 5.74) is 0.840. The summed E-state index contributed by atoms with van der Waals surface area (Å²) >= 11 is 0. The predicted molar refractivity (Wildman–Crippen MR) is 82.3 cm³/mol. The summed E-state index contributed by atoms with van der Waals surface area (Å²) in [6.45, 7) is 4.02. The van der Waals surface area contributed by atoms with Gasteiger partial charge >= 0.3 is 0 Å². The van der Waals surface area contributed by atoms with E-state index < -0.39 is 0 Å². The molecule has 0 saturated heterocycles. The molecule has 2 rings (SSSR count). The molecule has 0 N–H and O–H groups in total. The molecule has 110 valence electrons. The van der Waals surface area contributed by atoms with E-state index in [1.54, 1.807) is 0 Å². The molecule has 0 aliphatic heterocycles. The molecule has 0 amide bonds. The van der Waals surface area contributed by atoms with Crippen molar-refractivity contribution < 1.29 is 9.53 Å². The largest absolute Gasteiger partial charge is 0.491 e. The number of hydrogen-bond donors (Lipinski definition) is 0. The fourth-order valence-electron chi connectivity index (χ4n) is 2.92. The molecule has 1 aromatic rings. The van der Waals surface area contributed by atoms with Gasteiger partial charge in [0, 0.05) is 11.5 Å². The lowest BCUT2D eigenvalue weighted by molar-refractivity contribution is 0.0898. The standard InChI is InChI=1S/C18H26O2/c1-14(2)20-17-12-10-16(11-13-17)18(19)15-8-6-4-3-5-7-9-15/h10-15H,3-9H2,1-2H3. The SMILES string of the molecule is CC(C)Oc1ccc(C(=O)C2CCCCCCC2)cc1. The van der Waals surface area contributed by atoms with Gasteiger partial charge in [0.05, 0.1) is 6.10 Å². The molecule has 20 heavy (non-hydrogen) atoms. The van der Waals surface area contributed by atoms with Crippen LogP contribution in [-0.4, -0.2) is 11.9 Å². The molecule has 0 aromatic heterocycles. The summed E-state index contributed by atoms with van der Waals surface area (Å²) < 4.78 is 5.62. The van der Waals surface area contributed by atoms with Crippen molar-refractivity contribution in [3.8, 4) is 5.75 Å². The zero-order chi connectivity index (χ0) is 14.4.